The molecule has 1 amide bonds. The summed E-state index contributed by atoms with van der Waals surface area (Å²) in [6.07, 6.45) is 0. The van der Waals surface area contributed by atoms with E-state index in [9.17, 15) is 18.0 Å². The first-order chi connectivity index (χ1) is 9.92. The fourth-order valence-electron chi connectivity index (χ4n) is 1.67. The molecule has 0 aromatic heterocycles. The summed E-state index contributed by atoms with van der Waals surface area (Å²) in [5.74, 6) is -4.11. The van der Waals surface area contributed by atoms with Crippen LogP contribution < -0.4 is 15.8 Å². The molecule has 110 valence electrons. The molecule has 7 heteroatoms. The third-order valence-corrected chi connectivity index (χ3v) is 2.75. The average molecular weight is 296 g/mol. The quantitative estimate of drug-likeness (QED) is 0.676. The number of rotatable bonds is 3. The predicted molar refractivity (Wildman–Crippen MR) is 71.7 cm³/mol. The van der Waals surface area contributed by atoms with Gasteiger partial charge in [0.2, 0.25) is 0 Å². The number of benzene rings is 2. The highest BCUT2D eigenvalue weighted by Crippen LogP contribution is 2.24. The molecular formula is C14H11F3N2O2. The lowest BCUT2D eigenvalue weighted by Gasteiger charge is -2.09. The minimum absolute atomic E-state index is 0.130. The van der Waals surface area contributed by atoms with Gasteiger partial charge in [-0.2, -0.15) is 0 Å². The molecule has 3 N–H and O–H groups in total. The van der Waals surface area contributed by atoms with Crippen molar-refractivity contribution in [2.75, 3.05) is 18.2 Å². The molecule has 0 radical (unpaired) electrons. The fraction of sp³-hybridized carbons (Fsp3) is 0.0714. The number of anilines is 2. The van der Waals surface area contributed by atoms with Crippen molar-refractivity contribution in [3.8, 4) is 5.75 Å². The van der Waals surface area contributed by atoms with E-state index in [0.29, 0.717) is 17.8 Å². The van der Waals surface area contributed by atoms with Crippen LogP contribution in [0.25, 0.3) is 0 Å². The minimum atomic E-state index is -1.33. The molecule has 2 aromatic rings. The Morgan fingerprint density at radius 3 is 2.43 bits per heavy atom. The van der Waals surface area contributed by atoms with Gasteiger partial charge in [0.25, 0.3) is 5.91 Å². The first kappa shape index (κ1) is 14.7. The van der Waals surface area contributed by atoms with Gasteiger partial charge in [-0.25, -0.2) is 13.2 Å². The maximum Gasteiger partial charge on any atom is 0.255 e. The van der Waals surface area contributed by atoms with E-state index < -0.39 is 29.0 Å². The van der Waals surface area contributed by atoms with E-state index in [4.69, 9.17) is 10.5 Å². The van der Waals surface area contributed by atoms with Crippen LogP contribution in [-0.2, 0) is 0 Å². The molecule has 0 fully saturated rings. The Labute approximate surface area is 118 Å². The number of carbonyl (C=O) groups excluding carboxylic acids is 1. The Morgan fingerprint density at radius 1 is 1.10 bits per heavy atom. The van der Waals surface area contributed by atoms with Crippen molar-refractivity contribution in [3.05, 3.63) is 53.3 Å². The number of hydrogen-bond acceptors (Lipinski definition) is 3. The van der Waals surface area contributed by atoms with Gasteiger partial charge < -0.3 is 15.8 Å². The zero-order valence-electron chi connectivity index (χ0n) is 10.9. The molecule has 0 aliphatic carbocycles. The summed E-state index contributed by atoms with van der Waals surface area (Å²) in [7, 11) is 1.38. The molecule has 4 nitrogen and oxygen atoms in total. The van der Waals surface area contributed by atoms with Gasteiger partial charge in [0, 0.05) is 17.7 Å². The highest BCUT2D eigenvalue weighted by Gasteiger charge is 2.14. The Bertz CT molecular complexity index is 705. The van der Waals surface area contributed by atoms with E-state index >= 15 is 0 Å². The Morgan fingerprint density at radius 2 is 1.76 bits per heavy atom. The number of amides is 1. The van der Waals surface area contributed by atoms with Crippen LogP contribution in [0.3, 0.4) is 0 Å². The largest absolute Gasteiger partial charge is 0.495 e. The fourth-order valence-corrected chi connectivity index (χ4v) is 1.67. The molecule has 0 heterocycles. The van der Waals surface area contributed by atoms with Crippen LogP contribution in [-0.4, -0.2) is 13.0 Å². The molecular weight excluding hydrogens is 285 g/mol. The van der Waals surface area contributed by atoms with Gasteiger partial charge in [-0.1, -0.05) is 0 Å². The number of ether oxygens (including phenoxy) is 1. The van der Waals surface area contributed by atoms with Crippen LogP contribution in [0.5, 0.6) is 5.75 Å². The summed E-state index contributed by atoms with van der Waals surface area (Å²) in [4.78, 5) is 12.0. The second-order valence-corrected chi connectivity index (χ2v) is 4.16. The van der Waals surface area contributed by atoms with E-state index in [2.05, 4.69) is 5.32 Å². The standard InChI is InChI=1S/C14H11F3N2O2/c1-21-13-4-7(2-3-11(13)18)14(20)19-12-6-9(16)8(15)5-10(12)17/h2-6H,18H2,1H3,(H,19,20). The number of methoxy groups -OCH3 is 1. The molecule has 2 rings (SSSR count). The Balaban J connectivity index is 2.28. The third-order valence-electron chi connectivity index (χ3n) is 2.75. The third kappa shape index (κ3) is 3.07. The van der Waals surface area contributed by atoms with Crippen LogP contribution in [0.15, 0.2) is 30.3 Å². The minimum Gasteiger partial charge on any atom is -0.495 e. The van der Waals surface area contributed by atoms with Crippen molar-refractivity contribution in [2.45, 2.75) is 0 Å². The van der Waals surface area contributed by atoms with Crippen molar-refractivity contribution < 1.29 is 22.7 Å². The zero-order chi connectivity index (χ0) is 15.6. The number of nitrogens with two attached hydrogens (primary N) is 1. The lowest BCUT2D eigenvalue weighted by Crippen LogP contribution is -2.14. The summed E-state index contributed by atoms with van der Waals surface area (Å²) in [6.45, 7) is 0. The van der Waals surface area contributed by atoms with Crippen LogP contribution in [0.2, 0.25) is 0 Å². The molecule has 0 unspecified atom stereocenters. The van der Waals surface area contributed by atoms with E-state index in [1.807, 2.05) is 0 Å². The van der Waals surface area contributed by atoms with Gasteiger partial charge in [0.05, 0.1) is 18.5 Å². The zero-order valence-corrected chi connectivity index (χ0v) is 10.9. The van der Waals surface area contributed by atoms with Crippen LogP contribution in [0.1, 0.15) is 10.4 Å². The summed E-state index contributed by atoms with van der Waals surface area (Å²) < 4.78 is 44.3. The molecule has 2 aromatic carbocycles. The van der Waals surface area contributed by atoms with Gasteiger partial charge in [-0.15, -0.1) is 0 Å². The Hall–Kier alpha value is -2.70. The van der Waals surface area contributed by atoms with E-state index in [1.54, 1.807) is 0 Å². The smallest absolute Gasteiger partial charge is 0.255 e. The Kier molecular flexibility index (Phi) is 4.02. The molecule has 0 saturated carbocycles. The average Bonchev–Trinajstić information content (AvgIpc) is 2.45. The SMILES string of the molecule is COc1cc(C(=O)Nc2cc(F)c(F)cc2F)ccc1N. The van der Waals surface area contributed by atoms with E-state index in [-0.39, 0.29) is 11.3 Å². The number of nitrogens with one attached hydrogen (secondary N) is 1. The van der Waals surface area contributed by atoms with Crippen molar-refractivity contribution in [1.82, 2.24) is 0 Å². The van der Waals surface area contributed by atoms with E-state index in [1.165, 1.54) is 25.3 Å². The number of hydrogen-bond donors (Lipinski definition) is 2. The van der Waals surface area contributed by atoms with Crippen molar-refractivity contribution >= 4 is 17.3 Å². The highest BCUT2D eigenvalue weighted by molar-refractivity contribution is 6.04. The molecule has 0 aliphatic heterocycles. The molecule has 0 spiro atoms. The number of halogens is 3. The van der Waals surface area contributed by atoms with Crippen LogP contribution >= 0.6 is 0 Å². The number of carbonyl (C=O) groups is 1. The van der Waals surface area contributed by atoms with Crippen molar-refractivity contribution in [2.24, 2.45) is 0 Å². The molecule has 0 bridgehead atoms. The molecule has 0 aliphatic rings. The first-order valence-electron chi connectivity index (χ1n) is 5.81. The van der Waals surface area contributed by atoms with Crippen LogP contribution in [0, 0.1) is 17.5 Å². The van der Waals surface area contributed by atoms with Gasteiger partial charge in [-0.3, -0.25) is 4.79 Å². The van der Waals surface area contributed by atoms with Crippen LogP contribution in [0.4, 0.5) is 24.5 Å². The summed E-state index contributed by atoms with van der Waals surface area (Å²) in [5, 5.41) is 2.15. The highest BCUT2D eigenvalue weighted by atomic mass is 19.2. The van der Waals surface area contributed by atoms with Gasteiger partial charge in [0.1, 0.15) is 11.6 Å². The topological polar surface area (TPSA) is 64.3 Å². The number of nitrogen functional groups attached to an aromatic ring is 1. The van der Waals surface area contributed by atoms with Gasteiger partial charge >= 0.3 is 0 Å². The lowest BCUT2D eigenvalue weighted by atomic mass is 10.1. The second-order valence-electron chi connectivity index (χ2n) is 4.16. The molecule has 0 atom stereocenters. The van der Waals surface area contributed by atoms with Gasteiger partial charge in [0.15, 0.2) is 11.6 Å². The summed E-state index contributed by atoms with van der Waals surface area (Å²) in [6, 6.07) is 5.11. The van der Waals surface area contributed by atoms with E-state index in [0.717, 1.165) is 0 Å². The summed E-state index contributed by atoms with van der Waals surface area (Å²) >= 11 is 0. The maximum absolute atomic E-state index is 13.5. The van der Waals surface area contributed by atoms with Crippen molar-refractivity contribution in [1.29, 1.82) is 0 Å². The normalized spacial score (nSPS) is 10.3. The van der Waals surface area contributed by atoms with Crippen molar-refractivity contribution in [3.63, 3.8) is 0 Å². The lowest BCUT2D eigenvalue weighted by molar-refractivity contribution is 0.102. The molecule has 21 heavy (non-hydrogen) atoms. The first-order valence-corrected chi connectivity index (χ1v) is 5.81. The monoisotopic (exact) mass is 296 g/mol. The maximum atomic E-state index is 13.5. The van der Waals surface area contributed by atoms with Gasteiger partial charge in [-0.05, 0) is 18.2 Å². The predicted octanol–water partition coefficient (Wildman–Crippen LogP) is 2.95. The summed E-state index contributed by atoms with van der Waals surface area (Å²) in [5.41, 5.74) is 5.60. The second kappa shape index (κ2) is 5.74. The molecule has 0 saturated heterocycles.